The molecule has 0 spiro atoms. The minimum Gasteiger partial charge on any atom is -0.508 e. The Hall–Kier alpha value is -2.57. The first-order chi connectivity index (χ1) is 14.5. The minimum atomic E-state index is -4.50. The smallest absolute Gasteiger partial charge is 0.417 e. The standard InChI is InChI=1S/C24H29F3N2O2/c1-5-16-8-10-18(30)13-19(16)23(3)12-6-7-15(2)21(23)29(4)22(31)20-11-9-17(14-28-20)24(25,26)27/h8-11,13-15,21,30H,5-7,12H2,1-4H3/t15?,21?,23-/m1/s1. The number of pyridine rings is 1. The van der Waals surface area contributed by atoms with Gasteiger partial charge in [0.1, 0.15) is 11.4 Å². The summed E-state index contributed by atoms with van der Waals surface area (Å²) < 4.78 is 38.6. The van der Waals surface area contributed by atoms with E-state index in [9.17, 15) is 23.1 Å². The summed E-state index contributed by atoms with van der Waals surface area (Å²) in [5.41, 5.74) is 0.842. The Morgan fingerprint density at radius 2 is 2.00 bits per heavy atom. The molecule has 3 atom stereocenters. The van der Waals surface area contributed by atoms with Crippen LogP contribution in [-0.2, 0) is 18.0 Å². The van der Waals surface area contributed by atoms with Crippen LogP contribution in [0.3, 0.4) is 0 Å². The van der Waals surface area contributed by atoms with Gasteiger partial charge in [-0.2, -0.15) is 13.2 Å². The summed E-state index contributed by atoms with van der Waals surface area (Å²) >= 11 is 0. The molecule has 1 amide bonds. The molecular formula is C24H29F3N2O2. The number of carbonyl (C=O) groups excluding carboxylic acids is 1. The second kappa shape index (κ2) is 8.52. The first-order valence-electron chi connectivity index (χ1n) is 10.6. The van der Waals surface area contributed by atoms with Gasteiger partial charge in [0.15, 0.2) is 0 Å². The number of hydrogen-bond acceptors (Lipinski definition) is 3. The van der Waals surface area contributed by atoms with Crippen LogP contribution in [0.4, 0.5) is 13.2 Å². The molecule has 1 aliphatic carbocycles. The highest BCUT2D eigenvalue weighted by Crippen LogP contribution is 2.46. The largest absolute Gasteiger partial charge is 0.508 e. The van der Waals surface area contributed by atoms with E-state index in [-0.39, 0.29) is 23.4 Å². The van der Waals surface area contributed by atoms with Crippen LogP contribution < -0.4 is 0 Å². The number of nitrogens with zero attached hydrogens (tertiary/aromatic N) is 2. The third-order valence-corrected chi connectivity index (χ3v) is 6.68. The summed E-state index contributed by atoms with van der Waals surface area (Å²) in [7, 11) is 1.70. The predicted molar refractivity (Wildman–Crippen MR) is 113 cm³/mol. The number of aryl methyl sites for hydroxylation is 1. The maximum Gasteiger partial charge on any atom is 0.417 e. The number of phenolic OH excluding ortho intramolecular Hbond substituents is 1. The van der Waals surface area contributed by atoms with Crippen LogP contribution in [0.15, 0.2) is 36.5 Å². The molecule has 1 aromatic heterocycles. The Kier molecular flexibility index (Phi) is 6.35. The van der Waals surface area contributed by atoms with Crippen molar-refractivity contribution in [2.75, 3.05) is 7.05 Å². The SMILES string of the molecule is CCc1ccc(O)cc1[C@@]1(C)CCCC(C)C1N(C)C(=O)c1ccc(C(F)(F)F)cn1. The maximum absolute atomic E-state index is 13.2. The van der Waals surface area contributed by atoms with Crippen molar-refractivity contribution in [3.05, 3.63) is 58.9 Å². The molecule has 1 N–H and O–H groups in total. The molecule has 1 aliphatic rings. The van der Waals surface area contributed by atoms with Gasteiger partial charge in [0, 0.05) is 24.7 Å². The van der Waals surface area contributed by atoms with E-state index in [0.717, 1.165) is 48.9 Å². The fraction of sp³-hybridized carbons (Fsp3) is 0.500. The highest BCUT2D eigenvalue weighted by atomic mass is 19.4. The van der Waals surface area contributed by atoms with Crippen LogP contribution in [0.2, 0.25) is 0 Å². The number of aromatic nitrogens is 1. The third-order valence-electron chi connectivity index (χ3n) is 6.68. The number of aromatic hydroxyl groups is 1. The normalized spacial score (nSPS) is 24.1. The van der Waals surface area contributed by atoms with E-state index < -0.39 is 23.1 Å². The molecule has 1 aromatic carbocycles. The zero-order valence-electron chi connectivity index (χ0n) is 18.3. The first-order valence-corrected chi connectivity index (χ1v) is 10.6. The molecule has 1 heterocycles. The van der Waals surface area contributed by atoms with E-state index in [1.54, 1.807) is 24.1 Å². The number of carbonyl (C=O) groups is 1. The maximum atomic E-state index is 13.2. The van der Waals surface area contributed by atoms with E-state index in [1.165, 1.54) is 0 Å². The van der Waals surface area contributed by atoms with E-state index >= 15 is 0 Å². The predicted octanol–water partition coefficient (Wildman–Crippen LogP) is 5.59. The average molecular weight is 435 g/mol. The lowest BCUT2D eigenvalue weighted by atomic mass is 9.62. The summed E-state index contributed by atoms with van der Waals surface area (Å²) in [5.74, 6) is -0.0464. The fourth-order valence-electron chi connectivity index (χ4n) is 5.23. The number of amides is 1. The number of halogens is 3. The molecule has 0 saturated heterocycles. The molecule has 0 aliphatic heterocycles. The van der Waals surface area contributed by atoms with Crippen LogP contribution in [0, 0.1) is 5.92 Å². The van der Waals surface area contributed by atoms with Gasteiger partial charge in [-0.1, -0.05) is 33.3 Å². The number of rotatable bonds is 4. The Morgan fingerprint density at radius 1 is 1.29 bits per heavy atom. The Labute approximate surface area is 181 Å². The van der Waals surface area contributed by atoms with Crippen LogP contribution in [0.1, 0.15) is 67.2 Å². The van der Waals surface area contributed by atoms with Gasteiger partial charge in [-0.3, -0.25) is 9.78 Å². The molecular weight excluding hydrogens is 405 g/mol. The average Bonchev–Trinajstić information content (AvgIpc) is 2.72. The van der Waals surface area contributed by atoms with E-state index in [4.69, 9.17) is 0 Å². The van der Waals surface area contributed by atoms with Crippen molar-refractivity contribution in [3.8, 4) is 5.75 Å². The molecule has 168 valence electrons. The van der Waals surface area contributed by atoms with Gasteiger partial charge in [-0.05, 0) is 60.6 Å². The molecule has 2 aromatic rings. The van der Waals surface area contributed by atoms with Crippen molar-refractivity contribution in [1.29, 1.82) is 0 Å². The van der Waals surface area contributed by atoms with Gasteiger partial charge < -0.3 is 10.0 Å². The summed E-state index contributed by atoms with van der Waals surface area (Å²) in [6.07, 6.45) is -0.217. The lowest BCUT2D eigenvalue weighted by Gasteiger charge is -2.50. The monoisotopic (exact) mass is 434 g/mol. The molecule has 1 saturated carbocycles. The quantitative estimate of drug-likeness (QED) is 0.683. The zero-order valence-corrected chi connectivity index (χ0v) is 18.3. The Morgan fingerprint density at radius 3 is 2.58 bits per heavy atom. The van der Waals surface area contributed by atoms with Crippen molar-refractivity contribution in [3.63, 3.8) is 0 Å². The van der Waals surface area contributed by atoms with Crippen LogP contribution >= 0.6 is 0 Å². The van der Waals surface area contributed by atoms with Crippen LogP contribution in [-0.4, -0.2) is 34.0 Å². The molecule has 0 radical (unpaired) electrons. The van der Waals surface area contributed by atoms with Crippen molar-refractivity contribution >= 4 is 5.91 Å². The van der Waals surface area contributed by atoms with Gasteiger partial charge in [0.25, 0.3) is 5.91 Å². The van der Waals surface area contributed by atoms with E-state index in [1.807, 2.05) is 6.07 Å². The molecule has 0 bridgehead atoms. The van der Waals surface area contributed by atoms with Gasteiger partial charge in [-0.15, -0.1) is 0 Å². The minimum absolute atomic E-state index is 0.0118. The second-order valence-corrected chi connectivity index (χ2v) is 8.77. The molecule has 1 fully saturated rings. The number of phenols is 1. The Balaban J connectivity index is 1.99. The highest BCUT2D eigenvalue weighted by Gasteiger charge is 2.46. The molecule has 3 rings (SSSR count). The Bertz CT molecular complexity index is 943. The van der Waals surface area contributed by atoms with Crippen molar-refractivity contribution in [2.24, 2.45) is 5.92 Å². The van der Waals surface area contributed by atoms with Crippen LogP contribution in [0.25, 0.3) is 0 Å². The van der Waals surface area contributed by atoms with E-state index in [0.29, 0.717) is 6.20 Å². The summed E-state index contributed by atoms with van der Waals surface area (Å²) in [6, 6.07) is 7.23. The molecule has 7 heteroatoms. The highest BCUT2D eigenvalue weighted by molar-refractivity contribution is 5.92. The van der Waals surface area contributed by atoms with Gasteiger partial charge in [0.2, 0.25) is 0 Å². The fourth-order valence-corrected chi connectivity index (χ4v) is 5.23. The number of benzene rings is 1. The van der Waals surface area contributed by atoms with E-state index in [2.05, 4.69) is 25.8 Å². The van der Waals surface area contributed by atoms with Crippen molar-refractivity contribution < 1.29 is 23.1 Å². The molecule has 31 heavy (non-hydrogen) atoms. The number of likely N-dealkylation sites (N-methyl/N-ethyl adjacent to an activating group) is 1. The summed E-state index contributed by atoms with van der Waals surface area (Å²) in [5, 5.41) is 10.2. The lowest BCUT2D eigenvalue weighted by Crippen LogP contribution is -2.55. The number of alkyl halides is 3. The lowest BCUT2D eigenvalue weighted by molar-refractivity contribution is -0.137. The zero-order chi connectivity index (χ0) is 23.0. The van der Waals surface area contributed by atoms with Crippen molar-refractivity contribution in [1.82, 2.24) is 9.88 Å². The van der Waals surface area contributed by atoms with Gasteiger partial charge in [0.05, 0.1) is 5.56 Å². The van der Waals surface area contributed by atoms with Gasteiger partial charge >= 0.3 is 6.18 Å². The molecule has 4 nitrogen and oxygen atoms in total. The second-order valence-electron chi connectivity index (χ2n) is 8.77. The van der Waals surface area contributed by atoms with Gasteiger partial charge in [-0.25, -0.2) is 0 Å². The summed E-state index contributed by atoms with van der Waals surface area (Å²) in [4.78, 5) is 18.7. The molecule has 2 unspecified atom stereocenters. The summed E-state index contributed by atoms with van der Waals surface area (Å²) in [6.45, 7) is 6.27. The van der Waals surface area contributed by atoms with Crippen molar-refractivity contribution in [2.45, 2.75) is 64.1 Å². The third kappa shape index (κ3) is 4.41. The first kappa shape index (κ1) is 23.1. The van der Waals surface area contributed by atoms with Crippen LogP contribution in [0.5, 0.6) is 5.75 Å². The number of hydrogen-bond donors (Lipinski definition) is 1. The topological polar surface area (TPSA) is 53.4 Å².